The van der Waals surface area contributed by atoms with Gasteiger partial charge in [0.1, 0.15) is 5.82 Å². The number of nitrogens with zero attached hydrogens (tertiary/aromatic N) is 2. The number of rotatable bonds is 8. The fourth-order valence-electron chi connectivity index (χ4n) is 4.41. The molecule has 2 heterocycles. The van der Waals surface area contributed by atoms with Crippen molar-refractivity contribution in [2.75, 3.05) is 55.2 Å². The summed E-state index contributed by atoms with van der Waals surface area (Å²) in [6, 6.07) is 14.5. The number of fused-ring (bicyclic) bond motifs is 2. The van der Waals surface area contributed by atoms with Crippen molar-refractivity contribution in [3.8, 4) is 11.5 Å². The van der Waals surface area contributed by atoms with Gasteiger partial charge in [0.15, 0.2) is 11.5 Å². The minimum absolute atomic E-state index is 0.0687. The molecule has 2 aliphatic heterocycles. The Morgan fingerprint density at radius 3 is 2.54 bits per heavy atom. The van der Waals surface area contributed by atoms with E-state index in [1.165, 1.54) is 12.1 Å². The molecule has 2 N–H and O–H groups in total. The lowest BCUT2D eigenvalue weighted by Gasteiger charge is -2.25. The predicted octanol–water partition coefficient (Wildman–Crippen LogP) is 4.47. The van der Waals surface area contributed by atoms with E-state index >= 15 is 4.39 Å². The highest BCUT2D eigenvalue weighted by molar-refractivity contribution is 7.92. The van der Waals surface area contributed by atoms with Gasteiger partial charge in [0.25, 0.3) is 5.91 Å². The van der Waals surface area contributed by atoms with E-state index < -0.39 is 15.8 Å². The van der Waals surface area contributed by atoms with Crippen LogP contribution in [0.25, 0.3) is 11.3 Å². The van der Waals surface area contributed by atoms with Crippen LogP contribution in [-0.2, 0) is 14.8 Å². The molecule has 5 rings (SSSR count). The van der Waals surface area contributed by atoms with E-state index in [2.05, 4.69) is 10.6 Å². The van der Waals surface area contributed by atoms with E-state index in [0.29, 0.717) is 56.8 Å². The lowest BCUT2D eigenvalue weighted by atomic mass is 9.99. The molecular weight excluding hydrogens is 547 g/mol. The van der Waals surface area contributed by atoms with Crippen molar-refractivity contribution >= 4 is 55.9 Å². The SMILES string of the molecule is CN(C)CCN(c1ccc(N/C(=C2\C(=O)Nc3cc(Cl)ccc32)c2ccc3c(c2)OCO3)cc1F)S(C)(=O)=O. The summed E-state index contributed by atoms with van der Waals surface area (Å²) < 4.78 is 52.3. The summed E-state index contributed by atoms with van der Waals surface area (Å²) in [7, 11) is -0.119. The number of sulfonamides is 1. The van der Waals surface area contributed by atoms with Crippen molar-refractivity contribution < 1.29 is 27.1 Å². The topological polar surface area (TPSA) is 100 Å². The standard InChI is InChI=1S/C27H26ClFN4O5S/c1-32(2)10-11-33(39(3,35)36)22-8-6-18(14-20(22)29)30-26(16-4-9-23-24(12-16)38-15-37-23)25-19-7-5-17(28)13-21(19)31-27(25)34/h4-9,12-14,30H,10-11,15H2,1-3H3,(H,31,34)/b26-25-. The van der Waals surface area contributed by atoms with Crippen molar-refractivity contribution in [3.05, 3.63) is 76.6 Å². The summed E-state index contributed by atoms with van der Waals surface area (Å²) in [5.74, 6) is -0.0211. The molecule has 0 saturated heterocycles. The number of ether oxygens (including phenoxy) is 2. The highest BCUT2D eigenvalue weighted by Gasteiger charge is 2.30. The van der Waals surface area contributed by atoms with Gasteiger partial charge in [0.2, 0.25) is 16.8 Å². The Labute approximate surface area is 230 Å². The minimum Gasteiger partial charge on any atom is -0.454 e. The summed E-state index contributed by atoms with van der Waals surface area (Å²) in [6.45, 7) is 0.574. The molecule has 0 radical (unpaired) electrons. The van der Waals surface area contributed by atoms with E-state index in [9.17, 15) is 13.2 Å². The van der Waals surface area contributed by atoms with Crippen LogP contribution in [0.3, 0.4) is 0 Å². The third kappa shape index (κ3) is 5.51. The van der Waals surface area contributed by atoms with Crippen LogP contribution in [-0.4, -0.2) is 59.5 Å². The maximum atomic E-state index is 15.4. The Kier molecular flexibility index (Phi) is 7.15. The van der Waals surface area contributed by atoms with Crippen LogP contribution in [0.5, 0.6) is 11.5 Å². The molecule has 39 heavy (non-hydrogen) atoms. The molecule has 3 aromatic rings. The first-order chi connectivity index (χ1) is 18.5. The lowest BCUT2D eigenvalue weighted by Crippen LogP contribution is -2.36. The fourth-order valence-corrected chi connectivity index (χ4v) is 5.50. The number of likely N-dealkylation sites (N-methyl/N-ethyl adjacent to an activating group) is 1. The van der Waals surface area contributed by atoms with Crippen molar-refractivity contribution in [2.24, 2.45) is 0 Å². The van der Waals surface area contributed by atoms with Crippen LogP contribution >= 0.6 is 11.6 Å². The Bertz CT molecular complexity index is 1610. The van der Waals surface area contributed by atoms with Gasteiger partial charge in [-0.25, -0.2) is 12.8 Å². The number of nitrogens with one attached hydrogen (secondary N) is 2. The van der Waals surface area contributed by atoms with Gasteiger partial charge in [-0.1, -0.05) is 17.7 Å². The van der Waals surface area contributed by atoms with E-state index in [0.717, 1.165) is 10.6 Å². The number of carbonyl (C=O) groups excluding carboxylic acids is 1. The zero-order valence-electron chi connectivity index (χ0n) is 21.4. The molecule has 0 saturated carbocycles. The number of anilines is 3. The average molecular weight is 573 g/mol. The highest BCUT2D eigenvalue weighted by Crippen LogP contribution is 2.41. The van der Waals surface area contributed by atoms with E-state index in [4.69, 9.17) is 21.1 Å². The van der Waals surface area contributed by atoms with Crippen LogP contribution < -0.4 is 24.4 Å². The van der Waals surface area contributed by atoms with Gasteiger partial charge in [-0.2, -0.15) is 0 Å². The van der Waals surface area contributed by atoms with Gasteiger partial charge in [-0.15, -0.1) is 0 Å². The van der Waals surface area contributed by atoms with E-state index in [-0.39, 0.29) is 24.9 Å². The number of halogens is 2. The first-order valence-electron chi connectivity index (χ1n) is 12.0. The Hall–Kier alpha value is -3.80. The summed E-state index contributed by atoms with van der Waals surface area (Å²) in [6.07, 6.45) is 1.04. The predicted molar refractivity (Wildman–Crippen MR) is 150 cm³/mol. The molecule has 1 amide bonds. The van der Waals surface area contributed by atoms with Crippen LogP contribution in [0, 0.1) is 5.82 Å². The second kappa shape index (κ2) is 10.4. The molecule has 0 aromatic heterocycles. The molecule has 12 heteroatoms. The zero-order chi connectivity index (χ0) is 27.9. The summed E-state index contributed by atoms with van der Waals surface area (Å²) in [4.78, 5) is 15.0. The van der Waals surface area contributed by atoms with Gasteiger partial charge >= 0.3 is 0 Å². The molecule has 9 nitrogen and oxygen atoms in total. The molecule has 0 fully saturated rings. The maximum absolute atomic E-state index is 15.4. The van der Waals surface area contributed by atoms with E-state index in [1.807, 2.05) is 4.90 Å². The largest absolute Gasteiger partial charge is 0.454 e. The molecule has 0 unspecified atom stereocenters. The highest BCUT2D eigenvalue weighted by atomic mass is 35.5. The van der Waals surface area contributed by atoms with Crippen molar-refractivity contribution in [1.82, 2.24) is 4.90 Å². The second-order valence-corrected chi connectivity index (χ2v) is 11.7. The zero-order valence-corrected chi connectivity index (χ0v) is 23.0. The van der Waals surface area contributed by atoms with Crippen molar-refractivity contribution in [1.29, 1.82) is 0 Å². The third-order valence-corrected chi connectivity index (χ3v) is 7.69. The molecule has 3 aromatic carbocycles. The van der Waals surface area contributed by atoms with Gasteiger partial charge in [-0.3, -0.25) is 9.10 Å². The Morgan fingerprint density at radius 2 is 1.82 bits per heavy atom. The first-order valence-corrected chi connectivity index (χ1v) is 14.2. The Morgan fingerprint density at radius 1 is 1.05 bits per heavy atom. The summed E-state index contributed by atoms with van der Waals surface area (Å²) in [5, 5.41) is 6.47. The maximum Gasteiger partial charge on any atom is 0.258 e. The van der Waals surface area contributed by atoms with Crippen LogP contribution in [0.2, 0.25) is 5.02 Å². The first kappa shape index (κ1) is 26.8. The number of hydrogen-bond donors (Lipinski definition) is 2. The smallest absolute Gasteiger partial charge is 0.258 e. The van der Waals surface area contributed by atoms with Crippen LogP contribution in [0.4, 0.5) is 21.5 Å². The molecule has 0 atom stereocenters. The van der Waals surface area contributed by atoms with Crippen LogP contribution in [0.1, 0.15) is 11.1 Å². The quantitative estimate of drug-likeness (QED) is 0.384. The summed E-state index contributed by atoms with van der Waals surface area (Å²) in [5.41, 5.74) is 2.73. The minimum atomic E-state index is -3.73. The lowest BCUT2D eigenvalue weighted by molar-refractivity contribution is -0.110. The average Bonchev–Trinajstić information content (AvgIpc) is 3.45. The van der Waals surface area contributed by atoms with Crippen LogP contribution in [0.15, 0.2) is 54.6 Å². The number of carbonyl (C=O) groups is 1. The fraction of sp³-hybridized carbons (Fsp3) is 0.222. The van der Waals surface area contributed by atoms with Gasteiger partial charge in [0.05, 0.1) is 28.9 Å². The molecule has 0 bridgehead atoms. The van der Waals surface area contributed by atoms with E-state index in [1.54, 1.807) is 56.6 Å². The molecular formula is C27H26ClFN4O5S. The van der Waals surface area contributed by atoms with Gasteiger partial charge in [-0.05, 0) is 62.6 Å². The number of hydrogen-bond acceptors (Lipinski definition) is 7. The number of amides is 1. The number of benzene rings is 3. The molecule has 204 valence electrons. The summed E-state index contributed by atoms with van der Waals surface area (Å²) >= 11 is 6.13. The normalized spacial score (nSPS) is 15.3. The molecule has 0 aliphatic carbocycles. The van der Waals surface area contributed by atoms with Gasteiger partial charge < -0.3 is 25.0 Å². The third-order valence-electron chi connectivity index (χ3n) is 6.27. The van der Waals surface area contributed by atoms with Crippen molar-refractivity contribution in [2.45, 2.75) is 0 Å². The van der Waals surface area contributed by atoms with Crippen molar-refractivity contribution in [3.63, 3.8) is 0 Å². The molecule has 2 aliphatic rings. The second-order valence-electron chi connectivity index (χ2n) is 9.39. The monoisotopic (exact) mass is 572 g/mol. The molecule has 0 spiro atoms. The Balaban J connectivity index is 1.58. The van der Waals surface area contributed by atoms with Gasteiger partial charge in [0, 0.05) is 34.9 Å².